The van der Waals surface area contributed by atoms with Crippen LogP contribution in [0, 0.1) is 6.57 Å². The number of hydrogen-bond acceptors (Lipinski definition) is 6. The van der Waals surface area contributed by atoms with Crippen molar-refractivity contribution in [2.24, 2.45) is 0 Å². The van der Waals surface area contributed by atoms with Crippen LogP contribution in [0.4, 0.5) is 5.82 Å². The molecule has 3 aromatic rings. The third kappa shape index (κ3) is 5.20. The summed E-state index contributed by atoms with van der Waals surface area (Å²) in [6.07, 6.45) is 10.6. The fourth-order valence-electron chi connectivity index (χ4n) is 8.03. The zero-order valence-corrected chi connectivity index (χ0v) is 26.0. The van der Waals surface area contributed by atoms with Crippen molar-refractivity contribution in [3.8, 4) is 17.1 Å². The summed E-state index contributed by atoms with van der Waals surface area (Å²) < 4.78 is 6.50. The lowest BCUT2D eigenvalue weighted by atomic mass is 9.86. The second-order valence-corrected chi connectivity index (χ2v) is 13.1. The maximum absolute atomic E-state index is 12.6. The molecule has 4 heterocycles. The predicted octanol–water partition coefficient (Wildman–Crippen LogP) is 5.96. The van der Waals surface area contributed by atoms with Gasteiger partial charge in [0.15, 0.2) is 0 Å². The molecule has 3 saturated heterocycles. The van der Waals surface area contributed by atoms with Crippen molar-refractivity contribution in [3.63, 3.8) is 0 Å². The molecule has 0 saturated carbocycles. The van der Waals surface area contributed by atoms with Crippen LogP contribution < -0.4 is 9.64 Å². The van der Waals surface area contributed by atoms with Crippen LogP contribution in [0.25, 0.3) is 26.9 Å². The standard InChI is InChI=1S/C35H39ClN6O2/c1-3-32(43)42-18-17-40(22-25(42)21-37-2)33-29-19-30(36)28(27-12-6-10-24-9-4-5-11-26(24)27)20-31(29)38-34(39-33)44-23-35-13-7-15-41(35)16-8-14-35/h3,6,10,12,19-20,25H,1,4-5,7-9,11,13-18,21-23H2/t25-/m0/s1. The summed E-state index contributed by atoms with van der Waals surface area (Å²) in [6.45, 7) is 15.8. The van der Waals surface area contributed by atoms with Crippen molar-refractivity contribution in [1.29, 1.82) is 0 Å². The van der Waals surface area contributed by atoms with E-state index in [1.807, 2.05) is 6.07 Å². The van der Waals surface area contributed by atoms with E-state index in [-0.39, 0.29) is 24.0 Å². The number of rotatable bonds is 7. The van der Waals surface area contributed by atoms with E-state index in [4.69, 9.17) is 32.9 Å². The second-order valence-electron chi connectivity index (χ2n) is 12.7. The predicted molar refractivity (Wildman–Crippen MR) is 174 cm³/mol. The summed E-state index contributed by atoms with van der Waals surface area (Å²) in [5.74, 6) is 0.590. The molecular weight excluding hydrogens is 572 g/mol. The van der Waals surface area contributed by atoms with Crippen molar-refractivity contribution in [2.75, 3.05) is 50.8 Å². The van der Waals surface area contributed by atoms with Crippen LogP contribution in [0.2, 0.25) is 5.02 Å². The lowest BCUT2D eigenvalue weighted by Gasteiger charge is -2.39. The van der Waals surface area contributed by atoms with E-state index in [0.717, 1.165) is 61.1 Å². The Morgan fingerprint density at radius 3 is 2.70 bits per heavy atom. The van der Waals surface area contributed by atoms with Gasteiger partial charge < -0.3 is 19.4 Å². The summed E-state index contributed by atoms with van der Waals surface area (Å²) in [6, 6.07) is 10.7. The molecule has 44 heavy (non-hydrogen) atoms. The third-order valence-electron chi connectivity index (χ3n) is 10.3. The topological polar surface area (TPSA) is 66.2 Å². The van der Waals surface area contributed by atoms with Crippen LogP contribution in [-0.2, 0) is 17.6 Å². The largest absolute Gasteiger partial charge is 0.461 e. The van der Waals surface area contributed by atoms with Gasteiger partial charge in [0.05, 0.1) is 11.1 Å². The van der Waals surface area contributed by atoms with Gasteiger partial charge in [0, 0.05) is 35.6 Å². The average Bonchev–Trinajstić information content (AvgIpc) is 3.64. The van der Waals surface area contributed by atoms with Gasteiger partial charge in [-0.3, -0.25) is 9.69 Å². The Morgan fingerprint density at radius 2 is 1.91 bits per heavy atom. The fourth-order valence-corrected chi connectivity index (χ4v) is 8.30. The molecule has 7 rings (SSSR count). The molecule has 0 spiro atoms. The first-order valence-electron chi connectivity index (χ1n) is 16.0. The number of hydrogen-bond donors (Lipinski definition) is 0. The van der Waals surface area contributed by atoms with E-state index in [1.165, 1.54) is 48.4 Å². The Bertz CT molecular complexity index is 1640. The number of ether oxygens (including phenoxy) is 1. The molecule has 228 valence electrons. The molecule has 0 radical (unpaired) electrons. The number of anilines is 1. The maximum Gasteiger partial charge on any atom is 0.319 e. The average molecular weight is 611 g/mol. The van der Waals surface area contributed by atoms with Crippen molar-refractivity contribution in [1.82, 2.24) is 19.8 Å². The van der Waals surface area contributed by atoms with Crippen LogP contribution in [0.5, 0.6) is 6.01 Å². The first kappa shape index (κ1) is 29.1. The molecule has 1 aromatic heterocycles. The number of halogens is 1. The number of benzene rings is 2. The van der Waals surface area contributed by atoms with Gasteiger partial charge in [0.25, 0.3) is 0 Å². The minimum absolute atomic E-state index is 0.0736. The number of fused-ring (bicyclic) bond motifs is 3. The highest BCUT2D eigenvalue weighted by atomic mass is 35.5. The Labute approximate surface area is 264 Å². The molecule has 1 atom stereocenters. The summed E-state index contributed by atoms with van der Waals surface area (Å²) >= 11 is 7.09. The molecule has 0 bridgehead atoms. The molecule has 3 aliphatic heterocycles. The van der Waals surface area contributed by atoms with Gasteiger partial charge in [-0.2, -0.15) is 9.97 Å². The molecule has 0 unspecified atom stereocenters. The van der Waals surface area contributed by atoms with Crippen LogP contribution in [-0.4, -0.2) is 83.1 Å². The summed E-state index contributed by atoms with van der Waals surface area (Å²) in [4.78, 5) is 32.7. The molecule has 9 heteroatoms. The van der Waals surface area contributed by atoms with Gasteiger partial charge in [0.2, 0.25) is 12.5 Å². The third-order valence-corrected chi connectivity index (χ3v) is 10.6. The van der Waals surface area contributed by atoms with Gasteiger partial charge in [-0.25, -0.2) is 6.57 Å². The van der Waals surface area contributed by atoms with Crippen LogP contribution in [0.3, 0.4) is 0 Å². The minimum atomic E-state index is -0.267. The van der Waals surface area contributed by atoms with E-state index in [1.54, 1.807) is 4.90 Å². The zero-order chi connectivity index (χ0) is 30.3. The molecule has 0 N–H and O–H groups in total. The Hall–Kier alpha value is -3.67. The van der Waals surface area contributed by atoms with Crippen molar-refractivity contribution in [2.45, 2.75) is 62.9 Å². The zero-order valence-electron chi connectivity index (χ0n) is 25.2. The molecule has 2 aromatic carbocycles. The van der Waals surface area contributed by atoms with Gasteiger partial charge in [-0.15, -0.1) is 0 Å². The number of aromatic nitrogens is 2. The SMILES string of the molecule is [C-]#[N+]C[C@H]1CN(c2nc(OCC34CCCN3CCC4)nc3cc(-c4cccc5c4CCCC5)c(Cl)cc23)CCN1C(=O)C=C. The molecule has 1 aliphatic carbocycles. The van der Waals surface area contributed by atoms with E-state index in [0.29, 0.717) is 37.3 Å². The fraction of sp³-hybridized carbons (Fsp3) is 0.486. The maximum atomic E-state index is 12.6. The number of piperazine rings is 1. The quantitative estimate of drug-likeness (QED) is 0.243. The lowest BCUT2D eigenvalue weighted by Crippen LogP contribution is -2.56. The van der Waals surface area contributed by atoms with Crippen molar-refractivity contribution in [3.05, 3.63) is 70.6 Å². The van der Waals surface area contributed by atoms with Crippen LogP contribution >= 0.6 is 11.6 Å². The highest BCUT2D eigenvalue weighted by molar-refractivity contribution is 6.34. The van der Waals surface area contributed by atoms with Gasteiger partial charge in [-0.05, 0) is 99.4 Å². The smallest absolute Gasteiger partial charge is 0.319 e. The Morgan fingerprint density at radius 1 is 1.09 bits per heavy atom. The van der Waals surface area contributed by atoms with E-state index in [2.05, 4.69) is 45.5 Å². The number of aryl methyl sites for hydroxylation is 1. The minimum Gasteiger partial charge on any atom is -0.461 e. The summed E-state index contributed by atoms with van der Waals surface area (Å²) in [7, 11) is 0. The monoisotopic (exact) mass is 610 g/mol. The second kappa shape index (κ2) is 12.0. The van der Waals surface area contributed by atoms with Crippen LogP contribution in [0.1, 0.15) is 49.7 Å². The van der Waals surface area contributed by atoms with E-state index >= 15 is 0 Å². The van der Waals surface area contributed by atoms with Gasteiger partial charge in [-0.1, -0.05) is 36.4 Å². The number of carbonyl (C=O) groups excluding carboxylic acids is 1. The first-order chi connectivity index (χ1) is 21.5. The van der Waals surface area contributed by atoms with Gasteiger partial charge >= 0.3 is 6.01 Å². The van der Waals surface area contributed by atoms with Crippen molar-refractivity contribution >= 4 is 34.2 Å². The van der Waals surface area contributed by atoms with Crippen LogP contribution in [0.15, 0.2) is 43.0 Å². The molecule has 4 aliphatic rings. The highest BCUT2D eigenvalue weighted by Gasteiger charge is 2.45. The van der Waals surface area contributed by atoms with Gasteiger partial charge in [0.1, 0.15) is 18.5 Å². The molecule has 1 amide bonds. The normalized spacial score (nSPS) is 21.1. The summed E-state index contributed by atoms with van der Waals surface area (Å²) in [5, 5.41) is 1.52. The molecular formula is C35H39ClN6O2. The number of amides is 1. The molecule has 3 fully saturated rings. The van der Waals surface area contributed by atoms with Crippen molar-refractivity contribution < 1.29 is 9.53 Å². The van der Waals surface area contributed by atoms with E-state index < -0.39 is 0 Å². The Kier molecular flexibility index (Phi) is 7.94. The summed E-state index contributed by atoms with van der Waals surface area (Å²) in [5.41, 5.74) is 5.82. The lowest BCUT2D eigenvalue weighted by molar-refractivity contribution is -0.128. The first-order valence-corrected chi connectivity index (χ1v) is 16.4. The van der Waals surface area contributed by atoms with E-state index in [9.17, 15) is 4.79 Å². The number of carbonyl (C=O) groups is 1. The highest BCUT2D eigenvalue weighted by Crippen LogP contribution is 2.41. The molecule has 8 nitrogen and oxygen atoms in total. The Balaban J connectivity index is 1.30. The number of nitrogens with zero attached hydrogens (tertiary/aromatic N) is 6.